The Balaban J connectivity index is 1.91. The van der Waals surface area contributed by atoms with E-state index in [9.17, 15) is 4.79 Å². The van der Waals surface area contributed by atoms with E-state index in [1.54, 1.807) is 19.3 Å². The Hall–Kier alpha value is -2.57. The van der Waals surface area contributed by atoms with Crippen LogP contribution in [0.3, 0.4) is 0 Å². The zero-order valence-electron chi connectivity index (χ0n) is 15.9. The minimum Gasteiger partial charge on any atom is -0.493 e. The summed E-state index contributed by atoms with van der Waals surface area (Å²) in [6.07, 6.45) is 1.68. The van der Waals surface area contributed by atoms with Crippen molar-refractivity contribution in [2.75, 3.05) is 7.11 Å². The number of nitrogens with zero attached hydrogens (tertiary/aromatic N) is 1. The van der Waals surface area contributed by atoms with Gasteiger partial charge >= 0.3 is 0 Å². The Bertz CT molecular complexity index is 943. The van der Waals surface area contributed by atoms with Crippen LogP contribution in [0, 0.1) is 0 Å². The lowest BCUT2D eigenvalue weighted by Gasteiger charge is -2.16. The van der Waals surface area contributed by atoms with Crippen molar-refractivity contribution in [3.63, 3.8) is 0 Å². The summed E-state index contributed by atoms with van der Waals surface area (Å²) >= 11 is 11.6. The van der Waals surface area contributed by atoms with E-state index >= 15 is 0 Å². The molecule has 0 atom stereocenters. The van der Waals surface area contributed by atoms with Gasteiger partial charge in [-0.3, -0.25) is 9.69 Å². The van der Waals surface area contributed by atoms with Crippen molar-refractivity contribution in [1.29, 1.82) is 0 Å². The van der Waals surface area contributed by atoms with E-state index in [-0.39, 0.29) is 12.0 Å². The Kier molecular flexibility index (Phi) is 6.21. The first-order chi connectivity index (χ1) is 13.4. The first-order valence-electron chi connectivity index (χ1n) is 8.82. The van der Waals surface area contributed by atoms with Gasteiger partial charge in [-0.05, 0) is 49.8 Å². The zero-order valence-corrected chi connectivity index (χ0v) is 17.4. The van der Waals surface area contributed by atoms with Crippen LogP contribution in [0.1, 0.15) is 25.0 Å². The minimum atomic E-state index is -0.219. The second-order valence-electron chi connectivity index (χ2n) is 6.52. The number of para-hydroxylation sites is 1. The fourth-order valence-electron chi connectivity index (χ4n) is 2.84. The second kappa shape index (κ2) is 8.63. The Labute approximate surface area is 174 Å². The summed E-state index contributed by atoms with van der Waals surface area (Å²) < 4.78 is 11.3. The van der Waals surface area contributed by atoms with Crippen LogP contribution in [0.25, 0.3) is 6.08 Å². The van der Waals surface area contributed by atoms with Gasteiger partial charge in [0.15, 0.2) is 16.6 Å². The van der Waals surface area contributed by atoms with Crippen molar-refractivity contribution in [3.8, 4) is 11.5 Å². The molecule has 146 valence electrons. The molecule has 1 aliphatic rings. The van der Waals surface area contributed by atoms with Crippen molar-refractivity contribution in [2.45, 2.75) is 26.5 Å². The lowest BCUT2D eigenvalue weighted by molar-refractivity contribution is -0.122. The van der Waals surface area contributed by atoms with Gasteiger partial charge in [-0.2, -0.15) is 0 Å². The number of carbonyl (C=O) groups is 1. The second-order valence-corrected chi connectivity index (χ2v) is 7.31. The van der Waals surface area contributed by atoms with Gasteiger partial charge in [0.1, 0.15) is 5.70 Å². The predicted octanol–water partition coefficient (Wildman–Crippen LogP) is 4.39. The third-order valence-electron chi connectivity index (χ3n) is 4.13. The Morgan fingerprint density at radius 2 is 1.96 bits per heavy atom. The van der Waals surface area contributed by atoms with E-state index in [2.05, 4.69) is 5.32 Å². The molecule has 1 fully saturated rings. The molecule has 2 aromatic carbocycles. The lowest BCUT2D eigenvalue weighted by Crippen LogP contribution is -2.30. The normalized spacial score (nSPS) is 15.3. The van der Waals surface area contributed by atoms with E-state index in [1.807, 2.05) is 50.2 Å². The summed E-state index contributed by atoms with van der Waals surface area (Å²) in [5, 5.41) is 3.92. The van der Waals surface area contributed by atoms with Gasteiger partial charge in [-0.1, -0.05) is 41.9 Å². The minimum absolute atomic E-state index is 0.0431. The molecule has 3 rings (SSSR count). The number of ether oxygens (including phenoxy) is 2. The molecule has 7 heteroatoms. The van der Waals surface area contributed by atoms with Crippen LogP contribution in [0.15, 0.2) is 48.2 Å². The summed E-state index contributed by atoms with van der Waals surface area (Å²) in [5.74, 6) is 0.963. The third kappa shape index (κ3) is 4.29. The van der Waals surface area contributed by atoms with Crippen LogP contribution in [0.5, 0.6) is 11.5 Å². The van der Waals surface area contributed by atoms with Crippen LogP contribution >= 0.6 is 23.8 Å². The van der Waals surface area contributed by atoms with E-state index in [4.69, 9.17) is 33.3 Å². The summed E-state index contributed by atoms with van der Waals surface area (Å²) in [7, 11) is 1.58. The number of thiocarbonyl (C=S) groups is 1. The van der Waals surface area contributed by atoms with Crippen molar-refractivity contribution in [2.24, 2.45) is 0 Å². The molecule has 2 aromatic rings. The summed E-state index contributed by atoms with van der Waals surface area (Å²) in [6.45, 7) is 4.17. The highest BCUT2D eigenvalue weighted by Crippen LogP contribution is 2.34. The maximum atomic E-state index is 12.9. The molecule has 0 spiro atoms. The average Bonchev–Trinajstić information content (AvgIpc) is 2.92. The predicted molar refractivity (Wildman–Crippen MR) is 114 cm³/mol. The van der Waals surface area contributed by atoms with Gasteiger partial charge in [-0.25, -0.2) is 0 Å². The monoisotopic (exact) mass is 416 g/mol. The molecule has 28 heavy (non-hydrogen) atoms. The van der Waals surface area contributed by atoms with Gasteiger partial charge in [0.05, 0.1) is 19.8 Å². The molecule has 0 bridgehead atoms. The number of benzene rings is 2. The van der Waals surface area contributed by atoms with Gasteiger partial charge in [0, 0.05) is 10.6 Å². The maximum Gasteiger partial charge on any atom is 0.276 e. The fraction of sp³-hybridized carbons (Fsp3) is 0.238. The Morgan fingerprint density at radius 3 is 2.64 bits per heavy atom. The SMILES string of the molecule is COc1cccc(C=C2NC(=S)N(Cc3ccccc3Cl)C2=O)c1OC(C)C. The summed E-state index contributed by atoms with van der Waals surface area (Å²) in [5.41, 5.74) is 1.93. The molecule has 0 unspecified atom stereocenters. The molecule has 1 heterocycles. The molecule has 0 radical (unpaired) electrons. The molecule has 1 N–H and O–H groups in total. The maximum absolute atomic E-state index is 12.9. The number of carbonyl (C=O) groups excluding carboxylic acids is 1. The molecule has 1 aliphatic heterocycles. The van der Waals surface area contributed by atoms with E-state index < -0.39 is 0 Å². The Morgan fingerprint density at radius 1 is 1.21 bits per heavy atom. The van der Waals surface area contributed by atoms with Gasteiger partial charge in [0.25, 0.3) is 5.91 Å². The molecule has 0 aliphatic carbocycles. The number of methoxy groups -OCH3 is 1. The molecular weight excluding hydrogens is 396 g/mol. The number of hydrogen-bond acceptors (Lipinski definition) is 4. The van der Waals surface area contributed by atoms with Crippen molar-refractivity contribution >= 4 is 40.9 Å². The average molecular weight is 417 g/mol. The van der Waals surface area contributed by atoms with E-state index in [1.165, 1.54) is 4.90 Å². The molecule has 1 amide bonds. The third-order valence-corrected chi connectivity index (χ3v) is 4.82. The zero-order chi connectivity index (χ0) is 20.3. The molecular formula is C21H21ClN2O3S. The van der Waals surface area contributed by atoms with E-state index in [0.29, 0.717) is 33.9 Å². The molecule has 5 nitrogen and oxygen atoms in total. The smallest absolute Gasteiger partial charge is 0.276 e. The molecule has 1 saturated heterocycles. The van der Waals surface area contributed by atoms with Crippen LogP contribution in [0.2, 0.25) is 5.02 Å². The van der Waals surface area contributed by atoms with Crippen LogP contribution in [-0.4, -0.2) is 29.1 Å². The first-order valence-corrected chi connectivity index (χ1v) is 9.61. The van der Waals surface area contributed by atoms with Gasteiger partial charge < -0.3 is 14.8 Å². The van der Waals surface area contributed by atoms with Crippen molar-refractivity contribution in [1.82, 2.24) is 10.2 Å². The van der Waals surface area contributed by atoms with Crippen molar-refractivity contribution in [3.05, 3.63) is 64.3 Å². The standard InChI is InChI=1S/C21H21ClN2O3S/c1-13(2)27-19-14(8-6-10-18(19)26-3)11-17-20(25)24(21(28)23-17)12-15-7-4-5-9-16(15)22/h4-11,13H,12H2,1-3H3,(H,23,28). The van der Waals surface area contributed by atoms with Crippen molar-refractivity contribution < 1.29 is 14.3 Å². The number of nitrogens with one attached hydrogen (secondary N) is 1. The van der Waals surface area contributed by atoms with Crippen LogP contribution < -0.4 is 14.8 Å². The van der Waals surface area contributed by atoms with Crippen LogP contribution in [-0.2, 0) is 11.3 Å². The number of halogens is 1. The highest BCUT2D eigenvalue weighted by atomic mass is 35.5. The summed E-state index contributed by atoms with van der Waals surface area (Å²) in [4.78, 5) is 14.4. The number of rotatable bonds is 6. The van der Waals surface area contributed by atoms with Gasteiger partial charge in [0.2, 0.25) is 0 Å². The molecule has 0 saturated carbocycles. The van der Waals surface area contributed by atoms with Gasteiger partial charge in [-0.15, -0.1) is 0 Å². The highest BCUT2D eigenvalue weighted by Gasteiger charge is 2.31. The highest BCUT2D eigenvalue weighted by molar-refractivity contribution is 7.80. The quantitative estimate of drug-likeness (QED) is 0.559. The first kappa shape index (κ1) is 20.2. The fourth-order valence-corrected chi connectivity index (χ4v) is 3.29. The van der Waals surface area contributed by atoms with Crippen LogP contribution in [0.4, 0.5) is 0 Å². The largest absolute Gasteiger partial charge is 0.493 e. The topological polar surface area (TPSA) is 50.8 Å². The summed E-state index contributed by atoms with van der Waals surface area (Å²) in [6, 6.07) is 12.9. The van der Waals surface area contributed by atoms with E-state index in [0.717, 1.165) is 11.1 Å². The number of hydrogen-bond donors (Lipinski definition) is 1. The lowest BCUT2D eigenvalue weighted by atomic mass is 10.1. The molecule has 0 aromatic heterocycles. The number of amides is 1.